The number of nitrogens with zero attached hydrogens (tertiary/aromatic N) is 2. The summed E-state index contributed by atoms with van der Waals surface area (Å²) < 4.78 is 2.13. The van der Waals surface area contributed by atoms with Crippen molar-refractivity contribution >= 4 is 27.5 Å². The van der Waals surface area contributed by atoms with E-state index in [1.54, 1.807) is 18.2 Å². The van der Waals surface area contributed by atoms with Gasteiger partial charge in [-0.05, 0) is 35.6 Å². The normalized spacial score (nSPS) is 10.9. The molecule has 1 aromatic carbocycles. The minimum absolute atomic E-state index is 0.0983. The van der Waals surface area contributed by atoms with Gasteiger partial charge >= 0.3 is 5.97 Å². The second kappa shape index (κ2) is 5.14. The minimum Gasteiger partial charge on any atom is -0.478 e. The van der Waals surface area contributed by atoms with Gasteiger partial charge in [-0.3, -0.25) is 9.36 Å². The number of aromatic carboxylic acids is 1. The number of carbonyl (C=O) groups is 1. The lowest BCUT2D eigenvalue weighted by atomic mass is 10.1. The molecule has 0 aliphatic heterocycles. The molecule has 0 radical (unpaired) electrons. The fourth-order valence-electron chi connectivity index (χ4n) is 2.17. The van der Waals surface area contributed by atoms with Gasteiger partial charge in [-0.1, -0.05) is 12.1 Å². The van der Waals surface area contributed by atoms with Crippen molar-refractivity contribution in [3.05, 3.63) is 63.0 Å². The molecule has 0 spiro atoms. The first-order valence-electron chi connectivity index (χ1n) is 6.32. The van der Waals surface area contributed by atoms with Gasteiger partial charge in [0.2, 0.25) is 0 Å². The molecule has 0 aliphatic carbocycles. The third-order valence-electron chi connectivity index (χ3n) is 3.25. The molecule has 0 amide bonds. The van der Waals surface area contributed by atoms with Crippen LogP contribution in [-0.2, 0) is 6.54 Å². The van der Waals surface area contributed by atoms with Crippen molar-refractivity contribution in [2.24, 2.45) is 0 Å². The topological polar surface area (TPSA) is 72.2 Å². The van der Waals surface area contributed by atoms with E-state index in [1.807, 2.05) is 12.3 Å². The summed E-state index contributed by atoms with van der Waals surface area (Å²) in [6.45, 7) is 2.23. The third kappa shape index (κ3) is 2.45. The van der Waals surface area contributed by atoms with Crippen LogP contribution in [0.25, 0.3) is 10.2 Å². The van der Waals surface area contributed by atoms with E-state index in [2.05, 4.69) is 4.98 Å². The highest BCUT2D eigenvalue weighted by Crippen LogP contribution is 2.19. The summed E-state index contributed by atoms with van der Waals surface area (Å²) in [7, 11) is 0. The predicted molar refractivity (Wildman–Crippen MR) is 81.1 cm³/mol. The molecule has 0 saturated carbocycles. The van der Waals surface area contributed by atoms with Crippen molar-refractivity contribution in [2.75, 3.05) is 0 Å². The number of aromatic nitrogens is 2. The number of carboxylic acids is 1. The Kier molecular flexibility index (Phi) is 3.31. The van der Waals surface area contributed by atoms with E-state index in [0.29, 0.717) is 11.2 Å². The van der Waals surface area contributed by atoms with Gasteiger partial charge in [-0.25, -0.2) is 9.78 Å². The predicted octanol–water partition coefficient (Wildman–Crippen LogP) is 2.51. The Morgan fingerprint density at radius 2 is 2.24 bits per heavy atom. The maximum absolute atomic E-state index is 12.4. The zero-order valence-electron chi connectivity index (χ0n) is 11.2. The summed E-state index contributed by atoms with van der Waals surface area (Å²) in [6, 6.07) is 6.56. The molecule has 0 saturated heterocycles. The van der Waals surface area contributed by atoms with Crippen LogP contribution in [0.2, 0.25) is 0 Å². The molecule has 0 aliphatic rings. The summed E-state index contributed by atoms with van der Waals surface area (Å²) in [5, 5.41) is 10.9. The molecule has 5 nitrogen and oxygen atoms in total. The molecule has 1 N–H and O–H groups in total. The van der Waals surface area contributed by atoms with Crippen LogP contribution < -0.4 is 5.56 Å². The van der Waals surface area contributed by atoms with Gasteiger partial charge in [-0.2, -0.15) is 0 Å². The lowest BCUT2D eigenvalue weighted by Crippen LogP contribution is -2.20. The first-order chi connectivity index (χ1) is 10.1. The smallest absolute Gasteiger partial charge is 0.335 e. The monoisotopic (exact) mass is 300 g/mol. The van der Waals surface area contributed by atoms with E-state index < -0.39 is 5.97 Å². The highest BCUT2D eigenvalue weighted by molar-refractivity contribution is 7.17. The van der Waals surface area contributed by atoms with Crippen molar-refractivity contribution in [2.45, 2.75) is 13.5 Å². The molecule has 0 unspecified atom stereocenters. The fraction of sp³-hybridized carbons (Fsp3) is 0.133. The molecule has 21 heavy (non-hydrogen) atoms. The van der Waals surface area contributed by atoms with E-state index in [4.69, 9.17) is 5.11 Å². The summed E-state index contributed by atoms with van der Waals surface area (Å²) in [5.74, 6) is -0.980. The summed E-state index contributed by atoms with van der Waals surface area (Å²) in [6.07, 6.45) is 1.51. The molecule has 106 valence electrons. The number of carboxylic acid groups (broad SMARTS) is 1. The molecule has 3 rings (SSSR count). The Balaban J connectivity index is 2.02. The van der Waals surface area contributed by atoms with Gasteiger partial charge in [0.1, 0.15) is 4.70 Å². The van der Waals surface area contributed by atoms with Crippen LogP contribution in [-0.4, -0.2) is 20.6 Å². The number of hydrogen-bond acceptors (Lipinski definition) is 4. The zero-order chi connectivity index (χ0) is 15.0. The van der Waals surface area contributed by atoms with Crippen LogP contribution >= 0.6 is 11.3 Å². The van der Waals surface area contributed by atoms with E-state index in [9.17, 15) is 9.59 Å². The molecule has 0 bridgehead atoms. The van der Waals surface area contributed by atoms with Crippen molar-refractivity contribution in [3.63, 3.8) is 0 Å². The number of thiophene rings is 1. The van der Waals surface area contributed by atoms with Gasteiger partial charge in [-0.15, -0.1) is 11.3 Å². The SMILES string of the molecule is Cc1csc2c(=O)n(Cc3cccc(C(=O)O)c3)cnc12. The average Bonchev–Trinajstić information content (AvgIpc) is 2.84. The number of rotatable bonds is 3. The molecule has 3 aromatic rings. The lowest BCUT2D eigenvalue weighted by molar-refractivity contribution is 0.0696. The van der Waals surface area contributed by atoms with Gasteiger partial charge in [0.15, 0.2) is 0 Å². The maximum atomic E-state index is 12.4. The lowest BCUT2D eigenvalue weighted by Gasteiger charge is -2.06. The molecule has 0 atom stereocenters. The van der Waals surface area contributed by atoms with Crippen LogP contribution in [0, 0.1) is 6.92 Å². The largest absolute Gasteiger partial charge is 0.478 e. The van der Waals surface area contributed by atoms with Crippen LogP contribution in [0.4, 0.5) is 0 Å². The third-order valence-corrected chi connectivity index (χ3v) is 4.33. The number of aryl methyl sites for hydroxylation is 1. The van der Waals surface area contributed by atoms with Gasteiger partial charge in [0.05, 0.1) is 24.0 Å². The van der Waals surface area contributed by atoms with E-state index in [0.717, 1.165) is 16.6 Å². The Morgan fingerprint density at radius 3 is 3.00 bits per heavy atom. The van der Waals surface area contributed by atoms with E-state index in [1.165, 1.54) is 28.3 Å². The van der Waals surface area contributed by atoms with Gasteiger partial charge in [0, 0.05) is 0 Å². The van der Waals surface area contributed by atoms with Crippen molar-refractivity contribution in [1.29, 1.82) is 0 Å². The van der Waals surface area contributed by atoms with Crippen molar-refractivity contribution < 1.29 is 9.90 Å². The summed E-state index contributed by atoms with van der Waals surface area (Å²) in [4.78, 5) is 27.7. The first kappa shape index (κ1) is 13.5. The maximum Gasteiger partial charge on any atom is 0.335 e. The van der Waals surface area contributed by atoms with Crippen molar-refractivity contribution in [3.8, 4) is 0 Å². The second-order valence-electron chi connectivity index (χ2n) is 4.78. The second-order valence-corrected chi connectivity index (χ2v) is 5.66. The molecular weight excluding hydrogens is 288 g/mol. The quantitative estimate of drug-likeness (QED) is 0.806. The van der Waals surface area contributed by atoms with Crippen LogP contribution in [0.5, 0.6) is 0 Å². The van der Waals surface area contributed by atoms with Crippen LogP contribution in [0.1, 0.15) is 21.5 Å². The Hall–Kier alpha value is -2.47. The Labute approximate surface area is 124 Å². The average molecular weight is 300 g/mol. The summed E-state index contributed by atoms with van der Waals surface area (Å²) in [5.41, 5.74) is 2.60. The van der Waals surface area contributed by atoms with Gasteiger partial charge in [0.25, 0.3) is 5.56 Å². The van der Waals surface area contributed by atoms with Crippen LogP contribution in [0.3, 0.4) is 0 Å². The summed E-state index contributed by atoms with van der Waals surface area (Å²) >= 11 is 1.38. The van der Waals surface area contributed by atoms with E-state index in [-0.39, 0.29) is 11.1 Å². The molecular formula is C15H12N2O3S. The van der Waals surface area contributed by atoms with Crippen molar-refractivity contribution in [1.82, 2.24) is 9.55 Å². The minimum atomic E-state index is -0.980. The standard InChI is InChI=1S/C15H12N2O3S/c1-9-7-21-13-12(9)16-8-17(14(13)18)6-10-3-2-4-11(5-10)15(19)20/h2-5,7-8H,6H2,1H3,(H,19,20). The molecule has 6 heteroatoms. The Morgan fingerprint density at radius 1 is 1.43 bits per heavy atom. The highest BCUT2D eigenvalue weighted by atomic mass is 32.1. The number of fused-ring (bicyclic) bond motifs is 1. The fourth-order valence-corrected chi connectivity index (χ4v) is 3.12. The van der Waals surface area contributed by atoms with Crippen LogP contribution in [0.15, 0.2) is 40.8 Å². The first-order valence-corrected chi connectivity index (χ1v) is 7.19. The number of benzene rings is 1. The number of hydrogen-bond donors (Lipinski definition) is 1. The van der Waals surface area contributed by atoms with Gasteiger partial charge < -0.3 is 5.11 Å². The van der Waals surface area contributed by atoms with E-state index >= 15 is 0 Å². The molecule has 0 fully saturated rings. The zero-order valence-corrected chi connectivity index (χ0v) is 12.1. The molecule has 2 heterocycles. The Bertz CT molecular complexity index is 895. The molecule has 2 aromatic heterocycles. The highest BCUT2D eigenvalue weighted by Gasteiger charge is 2.09.